The molecule has 0 unspecified atom stereocenters. The van der Waals surface area contributed by atoms with Crippen molar-refractivity contribution in [3.8, 4) is 28.5 Å². The summed E-state index contributed by atoms with van der Waals surface area (Å²) in [5.74, 6) is 0. The predicted octanol–water partition coefficient (Wildman–Crippen LogP) is 4.90. The van der Waals surface area contributed by atoms with Gasteiger partial charge in [0.1, 0.15) is 0 Å². The minimum Gasteiger partial charge on any atom is -0.256 e. The molecule has 1 heterocycles. The van der Waals surface area contributed by atoms with Crippen LogP contribution in [0.25, 0.3) is 22.4 Å². The highest BCUT2D eigenvalue weighted by Gasteiger charge is 2.07. The number of aryl methyl sites for hydroxylation is 2. The molecule has 0 fully saturated rings. The first-order valence-electron chi connectivity index (χ1n) is 7.22. The molecule has 3 aromatic rings. The molecule has 0 spiro atoms. The molecule has 22 heavy (non-hydrogen) atoms. The summed E-state index contributed by atoms with van der Waals surface area (Å²) in [4.78, 5) is 4.40. The molecule has 0 bridgehead atoms. The third kappa shape index (κ3) is 2.62. The van der Waals surface area contributed by atoms with E-state index in [4.69, 9.17) is 0 Å². The number of hydrogen-bond donors (Lipinski definition) is 0. The number of benzene rings is 2. The lowest BCUT2D eigenvalue weighted by atomic mass is 9.95. The SMILES string of the molecule is Cc1cc(-c2cccc(-c3ccccn3)c2)cc(C)c1C#N. The second kappa shape index (κ2) is 5.83. The van der Waals surface area contributed by atoms with Crippen molar-refractivity contribution in [2.75, 3.05) is 0 Å². The van der Waals surface area contributed by atoms with Crippen molar-refractivity contribution in [1.29, 1.82) is 5.26 Å². The van der Waals surface area contributed by atoms with Crippen LogP contribution in [-0.4, -0.2) is 4.98 Å². The van der Waals surface area contributed by atoms with Crippen LogP contribution >= 0.6 is 0 Å². The van der Waals surface area contributed by atoms with E-state index in [0.29, 0.717) is 0 Å². The number of hydrogen-bond acceptors (Lipinski definition) is 2. The lowest BCUT2D eigenvalue weighted by molar-refractivity contribution is 1.32. The summed E-state index contributed by atoms with van der Waals surface area (Å²) in [6.45, 7) is 3.97. The summed E-state index contributed by atoms with van der Waals surface area (Å²) in [6.07, 6.45) is 1.80. The summed E-state index contributed by atoms with van der Waals surface area (Å²) in [6, 6.07) is 20.7. The van der Waals surface area contributed by atoms with E-state index in [2.05, 4.69) is 41.4 Å². The van der Waals surface area contributed by atoms with Gasteiger partial charge in [-0.05, 0) is 54.3 Å². The summed E-state index contributed by atoms with van der Waals surface area (Å²) >= 11 is 0. The summed E-state index contributed by atoms with van der Waals surface area (Å²) in [5, 5.41) is 9.20. The Hall–Kier alpha value is -2.92. The van der Waals surface area contributed by atoms with Gasteiger partial charge in [-0.3, -0.25) is 4.98 Å². The minimum atomic E-state index is 0.768. The Morgan fingerprint density at radius 1 is 0.818 bits per heavy atom. The second-order valence-corrected chi connectivity index (χ2v) is 5.39. The molecule has 0 N–H and O–H groups in total. The van der Waals surface area contributed by atoms with Crippen molar-refractivity contribution >= 4 is 0 Å². The van der Waals surface area contributed by atoms with Gasteiger partial charge in [0.2, 0.25) is 0 Å². The van der Waals surface area contributed by atoms with Crippen LogP contribution in [0.4, 0.5) is 0 Å². The van der Waals surface area contributed by atoms with Crippen LogP contribution in [0.2, 0.25) is 0 Å². The fourth-order valence-corrected chi connectivity index (χ4v) is 2.70. The normalized spacial score (nSPS) is 10.2. The van der Waals surface area contributed by atoms with E-state index < -0.39 is 0 Å². The van der Waals surface area contributed by atoms with Gasteiger partial charge >= 0.3 is 0 Å². The number of nitriles is 1. The van der Waals surface area contributed by atoms with Gasteiger partial charge < -0.3 is 0 Å². The molecule has 106 valence electrons. The smallest absolute Gasteiger partial charge is 0.0997 e. The zero-order valence-electron chi connectivity index (χ0n) is 12.7. The van der Waals surface area contributed by atoms with E-state index in [9.17, 15) is 5.26 Å². The molecule has 0 atom stereocenters. The standard InChI is InChI=1S/C20H16N2/c1-14-10-18(11-15(2)19(14)13-21)16-6-5-7-17(12-16)20-8-3-4-9-22-20/h3-12H,1-2H3. The molecular formula is C20H16N2. The van der Waals surface area contributed by atoms with Crippen LogP contribution in [0.5, 0.6) is 0 Å². The zero-order valence-corrected chi connectivity index (χ0v) is 12.7. The first-order chi connectivity index (χ1) is 10.7. The fourth-order valence-electron chi connectivity index (χ4n) is 2.70. The monoisotopic (exact) mass is 284 g/mol. The fraction of sp³-hybridized carbons (Fsp3) is 0.100. The Balaban J connectivity index is 2.09. The molecule has 0 aliphatic carbocycles. The van der Waals surface area contributed by atoms with Gasteiger partial charge in [-0.2, -0.15) is 5.26 Å². The van der Waals surface area contributed by atoms with Crippen molar-refractivity contribution in [3.63, 3.8) is 0 Å². The van der Waals surface area contributed by atoms with Gasteiger partial charge in [0.25, 0.3) is 0 Å². The van der Waals surface area contributed by atoms with Crippen molar-refractivity contribution in [2.24, 2.45) is 0 Å². The van der Waals surface area contributed by atoms with Crippen molar-refractivity contribution in [2.45, 2.75) is 13.8 Å². The van der Waals surface area contributed by atoms with Gasteiger partial charge in [0, 0.05) is 11.8 Å². The van der Waals surface area contributed by atoms with E-state index in [0.717, 1.165) is 39.1 Å². The average Bonchev–Trinajstić information content (AvgIpc) is 2.55. The first-order valence-corrected chi connectivity index (χ1v) is 7.22. The second-order valence-electron chi connectivity index (χ2n) is 5.39. The van der Waals surface area contributed by atoms with Crippen LogP contribution in [0.1, 0.15) is 16.7 Å². The quantitative estimate of drug-likeness (QED) is 0.670. The lowest BCUT2D eigenvalue weighted by Crippen LogP contribution is -1.90. The van der Waals surface area contributed by atoms with E-state index in [1.165, 1.54) is 0 Å². The van der Waals surface area contributed by atoms with Gasteiger partial charge in [-0.15, -0.1) is 0 Å². The lowest BCUT2D eigenvalue weighted by Gasteiger charge is -2.09. The number of nitrogens with zero attached hydrogens (tertiary/aromatic N) is 2. The highest BCUT2D eigenvalue weighted by atomic mass is 14.7. The van der Waals surface area contributed by atoms with Crippen LogP contribution < -0.4 is 0 Å². The molecule has 0 aliphatic rings. The molecule has 0 amide bonds. The number of rotatable bonds is 2. The van der Waals surface area contributed by atoms with Crippen LogP contribution in [-0.2, 0) is 0 Å². The molecule has 0 saturated heterocycles. The predicted molar refractivity (Wildman–Crippen MR) is 89.3 cm³/mol. The van der Waals surface area contributed by atoms with E-state index >= 15 is 0 Å². The Morgan fingerprint density at radius 2 is 1.55 bits per heavy atom. The molecule has 0 saturated carbocycles. The largest absolute Gasteiger partial charge is 0.256 e. The van der Waals surface area contributed by atoms with Crippen molar-refractivity contribution in [1.82, 2.24) is 4.98 Å². The Bertz CT molecular complexity index is 835. The third-order valence-corrected chi connectivity index (χ3v) is 3.80. The summed E-state index contributed by atoms with van der Waals surface area (Å²) in [7, 11) is 0. The Morgan fingerprint density at radius 3 is 2.18 bits per heavy atom. The van der Waals surface area contributed by atoms with Gasteiger partial charge in [0.15, 0.2) is 0 Å². The summed E-state index contributed by atoms with van der Waals surface area (Å²) < 4.78 is 0. The Kier molecular flexibility index (Phi) is 3.72. The highest BCUT2D eigenvalue weighted by Crippen LogP contribution is 2.28. The average molecular weight is 284 g/mol. The van der Waals surface area contributed by atoms with Gasteiger partial charge in [0.05, 0.1) is 17.3 Å². The Labute approximate surface area is 130 Å². The first kappa shape index (κ1) is 14.0. The van der Waals surface area contributed by atoms with E-state index in [1.807, 2.05) is 38.1 Å². The maximum Gasteiger partial charge on any atom is 0.0997 e. The van der Waals surface area contributed by atoms with Crippen LogP contribution in [0, 0.1) is 25.2 Å². The molecular weight excluding hydrogens is 268 g/mol. The van der Waals surface area contributed by atoms with Crippen molar-refractivity contribution in [3.05, 3.63) is 77.5 Å². The van der Waals surface area contributed by atoms with E-state index in [1.54, 1.807) is 6.20 Å². The van der Waals surface area contributed by atoms with Gasteiger partial charge in [-0.25, -0.2) is 0 Å². The molecule has 2 heteroatoms. The molecule has 2 nitrogen and oxygen atoms in total. The molecule has 0 aliphatic heterocycles. The third-order valence-electron chi connectivity index (χ3n) is 3.80. The maximum atomic E-state index is 9.20. The number of aromatic nitrogens is 1. The number of pyridine rings is 1. The zero-order chi connectivity index (χ0) is 15.5. The van der Waals surface area contributed by atoms with Crippen LogP contribution in [0.3, 0.4) is 0 Å². The highest BCUT2D eigenvalue weighted by molar-refractivity contribution is 5.73. The van der Waals surface area contributed by atoms with Crippen molar-refractivity contribution < 1.29 is 0 Å². The van der Waals surface area contributed by atoms with E-state index in [-0.39, 0.29) is 0 Å². The van der Waals surface area contributed by atoms with Crippen LogP contribution in [0.15, 0.2) is 60.8 Å². The summed E-state index contributed by atoms with van der Waals surface area (Å²) in [5.41, 5.74) is 7.13. The molecule has 2 aromatic carbocycles. The molecule has 1 aromatic heterocycles. The topological polar surface area (TPSA) is 36.7 Å². The maximum absolute atomic E-state index is 9.20. The van der Waals surface area contributed by atoms with Gasteiger partial charge in [-0.1, -0.05) is 36.4 Å². The molecule has 0 radical (unpaired) electrons. The molecule has 3 rings (SSSR count). The minimum absolute atomic E-state index is 0.768.